The van der Waals surface area contributed by atoms with Gasteiger partial charge in [0.15, 0.2) is 0 Å². The highest BCUT2D eigenvalue weighted by molar-refractivity contribution is 5.96. The van der Waals surface area contributed by atoms with Crippen molar-refractivity contribution in [1.29, 1.82) is 0 Å². The molecule has 1 aliphatic heterocycles. The normalized spacial score (nSPS) is 14.9. The van der Waals surface area contributed by atoms with E-state index in [1.165, 1.54) is 160 Å². The molecule has 1 aromatic carbocycles. The molecule has 1 heterocycles. The van der Waals surface area contributed by atoms with Crippen molar-refractivity contribution in [2.45, 2.75) is 187 Å². The maximum Gasteiger partial charge on any atom is 0.333 e. The first kappa shape index (κ1) is 39.9. The molecule has 262 valence electrons. The van der Waals surface area contributed by atoms with Crippen molar-refractivity contribution in [3.63, 3.8) is 0 Å². The molecule has 0 aromatic heterocycles. The van der Waals surface area contributed by atoms with E-state index in [1.807, 2.05) is 24.3 Å². The van der Waals surface area contributed by atoms with Crippen LogP contribution in [-0.4, -0.2) is 29.9 Å². The molecule has 5 nitrogen and oxygen atoms in total. The summed E-state index contributed by atoms with van der Waals surface area (Å²) in [6.45, 7) is 5.84. The molecule has 0 saturated heterocycles. The van der Waals surface area contributed by atoms with Gasteiger partial charge >= 0.3 is 5.97 Å². The number of amides is 1. The highest BCUT2D eigenvalue weighted by Gasteiger charge is 2.29. The third-order valence-electron chi connectivity index (χ3n) is 9.34. The van der Waals surface area contributed by atoms with Gasteiger partial charge in [-0.1, -0.05) is 168 Å². The zero-order chi connectivity index (χ0) is 32.9. The Bertz CT molecular complexity index is 912. The predicted molar refractivity (Wildman–Crippen MR) is 193 cm³/mol. The first-order valence-electron chi connectivity index (χ1n) is 19.6. The highest BCUT2D eigenvalue weighted by Crippen LogP contribution is 2.28. The summed E-state index contributed by atoms with van der Waals surface area (Å²) >= 11 is 0. The molecule has 2 rings (SSSR count). The van der Waals surface area contributed by atoms with Gasteiger partial charge in [-0.15, -0.1) is 0 Å². The Morgan fingerprint density at radius 1 is 0.543 bits per heavy atom. The van der Waals surface area contributed by atoms with Crippen molar-refractivity contribution in [3.8, 4) is 5.75 Å². The molecule has 1 aliphatic rings. The average Bonchev–Trinajstić information content (AvgIpc) is 3.21. The van der Waals surface area contributed by atoms with E-state index in [4.69, 9.17) is 9.47 Å². The quantitative estimate of drug-likeness (QED) is 0.0621. The van der Waals surface area contributed by atoms with Crippen molar-refractivity contribution in [2.75, 3.05) is 13.2 Å². The topological polar surface area (TPSA) is 55.8 Å². The lowest BCUT2D eigenvalue weighted by atomic mass is 10.0. The van der Waals surface area contributed by atoms with Crippen LogP contribution in [0.25, 0.3) is 0 Å². The van der Waals surface area contributed by atoms with Crippen molar-refractivity contribution in [3.05, 3.63) is 42.0 Å². The molecule has 0 aliphatic carbocycles. The van der Waals surface area contributed by atoms with Gasteiger partial charge in [-0.3, -0.25) is 9.69 Å². The molecule has 0 bridgehead atoms. The molecular formula is C41H69NO4. The monoisotopic (exact) mass is 640 g/mol. The molecule has 0 spiro atoms. The van der Waals surface area contributed by atoms with Crippen molar-refractivity contribution >= 4 is 11.9 Å². The molecule has 1 unspecified atom stereocenters. The Kier molecular flexibility index (Phi) is 24.1. The fourth-order valence-electron chi connectivity index (χ4n) is 6.38. The number of ether oxygens (including phenoxy) is 2. The van der Waals surface area contributed by atoms with Crippen LogP contribution in [0, 0.1) is 0 Å². The van der Waals surface area contributed by atoms with E-state index in [-0.39, 0.29) is 5.91 Å². The molecule has 0 radical (unpaired) electrons. The van der Waals surface area contributed by atoms with E-state index < -0.39 is 12.2 Å². The fourth-order valence-corrected chi connectivity index (χ4v) is 6.38. The third-order valence-corrected chi connectivity index (χ3v) is 9.34. The predicted octanol–water partition coefficient (Wildman–Crippen LogP) is 12.2. The Hall–Kier alpha value is -2.30. The third kappa shape index (κ3) is 19.4. The SMILES string of the molecule is CCCCCCCCCCCCCCCCN1C(=O)C=CC(=O)OC1c1ccc(OCCCCCCCCCCCCCC)cc1. The minimum Gasteiger partial charge on any atom is -0.494 e. The summed E-state index contributed by atoms with van der Waals surface area (Å²) < 4.78 is 11.7. The molecule has 0 N–H and O–H groups in total. The Morgan fingerprint density at radius 2 is 0.957 bits per heavy atom. The summed E-state index contributed by atoms with van der Waals surface area (Å²) in [4.78, 5) is 26.9. The number of benzene rings is 1. The first-order valence-corrected chi connectivity index (χ1v) is 19.6. The van der Waals surface area contributed by atoms with Gasteiger partial charge < -0.3 is 9.47 Å². The van der Waals surface area contributed by atoms with Gasteiger partial charge in [-0.05, 0) is 37.1 Å². The number of hydrogen-bond donors (Lipinski definition) is 0. The van der Waals surface area contributed by atoms with Crippen LogP contribution in [0.3, 0.4) is 0 Å². The van der Waals surface area contributed by atoms with E-state index in [1.54, 1.807) is 4.90 Å². The standard InChI is InChI=1S/C41H69NO4/c1-3-5-7-9-11-13-15-17-18-19-21-23-25-27-35-42-39(43)33-34-40(44)46-41(42)37-29-31-38(32-30-37)45-36-28-26-24-22-20-16-14-12-10-8-6-4-2/h29-34,41H,3-28,35-36H2,1-2H3. The summed E-state index contributed by atoms with van der Waals surface area (Å²) in [5.41, 5.74) is 0.800. The van der Waals surface area contributed by atoms with Gasteiger partial charge in [-0.2, -0.15) is 0 Å². The summed E-state index contributed by atoms with van der Waals surface area (Å²) in [5.74, 6) is 0.168. The summed E-state index contributed by atoms with van der Waals surface area (Å²) in [5, 5.41) is 0. The zero-order valence-corrected chi connectivity index (χ0v) is 29.9. The largest absolute Gasteiger partial charge is 0.494 e. The highest BCUT2D eigenvalue weighted by atomic mass is 16.6. The van der Waals surface area contributed by atoms with Crippen LogP contribution < -0.4 is 4.74 Å². The van der Waals surface area contributed by atoms with Gasteiger partial charge in [0.05, 0.1) is 6.61 Å². The maximum absolute atomic E-state index is 12.9. The number of unbranched alkanes of at least 4 members (excludes halogenated alkanes) is 24. The summed E-state index contributed by atoms with van der Waals surface area (Å²) in [6, 6.07) is 7.70. The number of nitrogens with zero attached hydrogens (tertiary/aromatic N) is 1. The van der Waals surface area contributed by atoms with Gasteiger partial charge in [-0.25, -0.2) is 4.79 Å². The van der Waals surface area contributed by atoms with Crippen LogP contribution >= 0.6 is 0 Å². The van der Waals surface area contributed by atoms with E-state index >= 15 is 0 Å². The Labute approximate surface area is 283 Å². The molecule has 1 amide bonds. The van der Waals surface area contributed by atoms with Crippen LogP contribution in [0.5, 0.6) is 5.75 Å². The molecule has 1 atom stereocenters. The van der Waals surface area contributed by atoms with Gasteiger partial charge in [0, 0.05) is 24.3 Å². The molecule has 46 heavy (non-hydrogen) atoms. The number of cyclic esters (lactones) is 1. The van der Waals surface area contributed by atoms with Crippen molar-refractivity contribution in [2.24, 2.45) is 0 Å². The summed E-state index contributed by atoms with van der Waals surface area (Å²) in [7, 11) is 0. The van der Waals surface area contributed by atoms with E-state index in [0.29, 0.717) is 13.2 Å². The summed E-state index contributed by atoms with van der Waals surface area (Å²) in [6.07, 6.45) is 35.9. The minimum atomic E-state index is -0.706. The molecule has 5 heteroatoms. The van der Waals surface area contributed by atoms with E-state index in [9.17, 15) is 9.59 Å². The second-order valence-electron chi connectivity index (χ2n) is 13.6. The number of carbonyl (C=O) groups is 2. The van der Waals surface area contributed by atoms with Crippen molar-refractivity contribution in [1.82, 2.24) is 4.90 Å². The van der Waals surface area contributed by atoms with Crippen LogP contribution in [0.15, 0.2) is 36.4 Å². The number of rotatable bonds is 30. The lowest BCUT2D eigenvalue weighted by molar-refractivity contribution is -0.157. The lowest BCUT2D eigenvalue weighted by Crippen LogP contribution is -2.35. The van der Waals surface area contributed by atoms with Crippen LogP contribution in [-0.2, 0) is 14.3 Å². The zero-order valence-electron chi connectivity index (χ0n) is 29.9. The van der Waals surface area contributed by atoms with E-state index in [2.05, 4.69) is 13.8 Å². The first-order chi connectivity index (χ1) is 22.7. The van der Waals surface area contributed by atoms with E-state index in [0.717, 1.165) is 30.6 Å². The molecule has 1 aromatic rings. The van der Waals surface area contributed by atoms with Crippen LogP contribution in [0.1, 0.15) is 193 Å². The molecule has 0 saturated carbocycles. The average molecular weight is 640 g/mol. The van der Waals surface area contributed by atoms with Crippen LogP contribution in [0.2, 0.25) is 0 Å². The second-order valence-corrected chi connectivity index (χ2v) is 13.6. The van der Waals surface area contributed by atoms with Gasteiger partial charge in [0.2, 0.25) is 12.1 Å². The van der Waals surface area contributed by atoms with Gasteiger partial charge in [0.25, 0.3) is 0 Å². The number of carbonyl (C=O) groups excluding carboxylic acids is 2. The number of esters is 1. The Morgan fingerprint density at radius 3 is 1.41 bits per heavy atom. The van der Waals surface area contributed by atoms with Crippen molar-refractivity contribution < 1.29 is 19.1 Å². The minimum absolute atomic E-state index is 0.169. The lowest BCUT2D eigenvalue weighted by Gasteiger charge is -2.29. The Balaban J connectivity index is 1.60. The van der Waals surface area contributed by atoms with Gasteiger partial charge in [0.1, 0.15) is 5.75 Å². The smallest absolute Gasteiger partial charge is 0.333 e. The van der Waals surface area contributed by atoms with Crippen LogP contribution in [0.4, 0.5) is 0 Å². The second kappa shape index (κ2) is 27.8. The molecular weight excluding hydrogens is 570 g/mol. The molecule has 0 fully saturated rings. The number of hydrogen-bond acceptors (Lipinski definition) is 4. The fraction of sp³-hybridized carbons (Fsp3) is 0.756. The maximum atomic E-state index is 12.9.